The molecule has 7 unspecified atom stereocenters. The number of esters is 1. The van der Waals surface area contributed by atoms with E-state index in [1.54, 1.807) is 0 Å². The van der Waals surface area contributed by atoms with Crippen molar-refractivity contribution in [2.75, 3.05) is 0 Å². The minimum absolute atomic E-state index is 0.239. The summed E-state index contributed by atoms with van der Waals surface area (Å²) in [5.41, 5.74) is 0.527. The Morgan fingerprint density at radius 2 is 1.79 bits per heavy atom. The highest BCUT2D eigenvalue weighted by Crippen LogP contribution is 2.68. The molecule has 0 aliphatic heterocycles. The van der Waals surface area contributed by atoms with Crippen molar-refractivity contribution in [3.8, 4) is 0 Å². The molecular formula is C30H47ClO3. The number of fused-ring (bicyclic) bond motifs is 5. The first kappa shape index (κ1) is 26.3. The predicted molar refractivity (Wildman–Crippen MR) is 140 cm³/mol. The maximum absolute atomic E-state index is 12.0. The Kier molecular flexibility index (Phi) is 7.15. The molecule has 4 aliphatic carbocycles. The van der Waals surface area contributed by atoms with Crippen LogP contribution in [-0.2, 0) is 9.53 Å². The summed E-state index contributed by atoms with van der Waals surface area (Å²) in [7, 11) is 0. The van der Waals surface area contributed by atoms with Crippen LogP contribution in [-0.4, -0.2) is 28.2 Å². The molecular weight excluding hydrogens is 444 g/mol. The molecule has 0 aromatic carbocycles. The summed E-state index contributed by atoms with van der Waals surface area (Å²) in [6.45, 7) is 15.6. The van der Waals surface area contributed by atoms with Crippen molar-refractivity contribution in [2.45, 2.75) is 110 Å². The lowest BCUT2D eigenvalue weighted by molar-refractivity contribution is -0.182. The van der Waals surface area contributed by atoms with Gasteiger partial charge < -0.3 is 9.84 Å². The lowest BCUT2D eigenvalue weighted by atomic mass is 9.46. The zero-order chi connectivity index (χ0) is 25.1. The number of hydrogen-bond acceptors (Lipinski definition) is 3. The number of hydrogen-bond donors (Lipinski definition) is 1. The Balaban J connectivity index is 1.59. The van der Waals surface area contributed by atoms with Gasteiger partial charge in [0.15, 0.2) is 0 Å². The lowest BCUT2D eigenvalue weighted by Crippen LogP contribution is -2.64. The topological polar surface area (TPSA) is 46.5 Å². The van der Waals surface area contributed by atoms with E-state index in [2.05, 4.69) is 59.8 Å². The molecule has 4 heteroatoms. The molecule has 192 valence electrons. The van der Waals surface area contributed by atoms with Crippen molar-refractivity contribution in [1.29, 1.82) is 0 Å². The number of ether oxygens (including phenoxy) is 1. The van der Waals surface area contributed by atoms with Crippen LogP contribution in [0.1, 0.15) is 93.4 Å². The number of allylic oxidation sites excluding steroid dienone is 3. The van der Waals surface area contributed by atoms with Gasteiger partial charge in [-0.05, 0) is 79.4 Å². The summed E-state index contributed by atoms with van der Waals surface area (Å²) in [4.78, 5) is 11.6. The molecule has 0 aromatic heterocycles. The van der Waals surface area contributed by atoms with Crippen molar-refractivity contribution in [3.05, 3.63) is 23.8 Å². The van der Waals surface area contributed by atoms with Crippen LogP contribution in [0.15, 0.2) is 23.8 Å². The summed E-state index contributed by atoms with van der Waals surface area (Å²) in [5, 5.41) is 11.5. The quantitative estimate of drug-likeness (QED) is 0.249. The van der Waals surface area contributed by atoms with Crippen molar-refractivity contribution >= 4 is 17.6 Å². The number of aliphatic hydroxyl groups is 1. The van der Waals surface area contributed by atoms with Crippen molar-refractivity contribution < 1.29 is 14.6 Å². The summed E-state index contributed by atoms with van der Waals surface area (Å²) in [6, 6.07) is 0. The van der Waals surface area contributed by atoms with Crippen LogP contribution in [0.2, 0.25) is 0 Å². The molecule has 0 saturated heterocycles. The number of halogens is 1. The fraction of sp³-hybridized carbons (Fsp3) is 0.833. The van der Waals surface area contributed by atoms with Crippen LogP contribution >= 0.6 is 11.6 Å². The molecule has 34 heavy (non-hydrogen) atoms. The molecule has 0 amide bonds. The van der Waals surface area contributed by atoms with E-state index in [4.69, 9.17) is 16.3 Å². The molecule has 3 fully saturated rings. The van der Waals surface area contributed by atoms with Crippen LogP contribution in [0.3, 0.4) is 0 Å². The summed E-state index contributed by atoms with van der Waals surface area (Å²) >= 11 is 7.01. The first-order chi connectivity index (χ1) is 15.8. The van der Waals surface area contributed by atoms with Crippen molar-refractivity contribution in [2.24, 2.45) is 46.3 Å². The second kappa shape index (κ2) is 9.25. The normalized spacial score (nSPS) is 45.8. The summed E-state index contributed by atoms with van der Waals surface area (Å²) in [5.74, 6) is 3.22. The number of alkyl halides is 1. The highest BCUT2D eigenvalue weighted by atomic mass is 35.5. The van der Waals surface area contributed by atoms with Gasteiger partial charge in [0.25, 0.3) is 0 Å². The third kappa shape index (κ3) is 4.11. The van der Waals surface area contributed by atoms with Gasteiger partial charge in [-0.1, -0.05) is 65.3 Å². The second-order valence-electron chi connectivity index (χ2n) is 13.1. The average molecular weight is 491 g/mol. The molecule has 4 rings (SSSR count). The molecule has 3 saturated carbocycles. The van der Waals surface area contributed by atoms with E-state index in [0.717, 1.165) is 19.3 Å². The predicted octanol–water partition coefficient (Wildman–Crippen LogP) is 7.31. The average Bonchev–Trinajstić information content (AvgIpc) is 3.11. The van der Waals surface area contributed by atoms with Crippen molar-refractivity contribution in [1.82, 2.24) is 0 Å². The lowest BCUT2D eigenvalue weighted by Gasteiger charge is -2.62. The fourth-order valence-corrected chi connectivity index (χ4v) is 8.91. The van der Waals surface area contributed by atoms with Gasteiger partial charge in [-0.25, -0.2) is 0 Å². The largest absolute Gasteiger partial charge is 0.462 e. The first-order valence-electron chi connectivity index (χ1n) is 13.8. The molecule has 10 atom stereocenters. The van der Waals surface area contributed by atoms with E-state index in [1.807, 2.05) is 0 Å². The van der Waals surface area contributed by atoms with Gasteiger partial charge >= 0.3 is 5.97 Å². The smallest absolute Gasteiger partial charge is 0.302 e. The zero-order valence-electron chi connectivity index (χ0n) is 22.4. The third-order valence-electron chi connectivity index (χ3n) is 11.0. The molecule has 0 aromatic rings. The van der Waals surface area contributed by atoms with Crippen LogP contribution in [0, 0.1) is 46.3 Å². The minimum Gasteiger partial charge on any atom is -0.462 e. The van der Waals surface area contributed by atoms with E-state index in [0.29, 0.717) is 47.3 Å². The van der Waals surface area contributed by atoms with E-state index in [9.17, 15) is 9.90 Å². The molecule has 1 N–H and O–H groups in total. The molecule has 3 nitrogen and oxygen atoms in total. The number of rotatable bonds is 5. The molecule has 0 bridgehead atoms. The SMILES string of the molecule is CC(=O)OC1CC[C@]2(C)C3CC[C@@]4(C)C(CCC4C(C)C=CC(C)C(C)C)C3=CC(Cl)[C@@]2(O)C1. The maximum Gasteiger partial charge on any atom is 0.302 e. The third-order valence-corrected chi connectivity index (χ3v) is 11.5. The molecule has 0 heterocycles. The van der Waals surface area contributed by atoms with Crippen LogP contribution in [0.25, 0.3) is 0 Å². The van der Waals surface area contributed by atoms with Gasteiger partial charge in [-0.15, -0.1) is 11.6 Å². The standard InChI is InChI=1S/C30H47ClO3/c1-18(2)19(3)8-9-20(4)24-10-11-25-23-16-27(31)30(33)17-22(34-21(5)32)12-15-29(30,7)26(23)13-14-28(24,25)6/h8-9,16,18-20,22,24-27,33H,10-15,17H2,1-7H3/t19?,20?,22?,24?,25?,26?,27?,28-,29-,30+/m1/s1. The fourth-order valence-electron chi connectivity index (χ4n) is 8.43. The molecule has 4 aliphatic rings. The first-order valence-corrected chi connectivity index (χ1v) is 14.2. The van der Waals surface area contributed by atoms with Gasteiger partial charge in [-0.2, -0.15) is 0 Å². The monoisotopic (exact) mass is 490 g/mol. The minimum atomic E-state index is -1.03. The van der Waals surface area contributed by atoms with Crippen LogP contribution < -0.4 is 0 Å². The Bertz CT molecular complexity index is 848. The molecule has 0 spiro atoms. The Hall–Kier alpha value is -0.800. The number of carbonyl (C=O) groups is 1. The van der Waals surface area contributed by atoms with E-state index in [-0.39, 0.29) is 17.5 Å². The zero-order valence-corrected chi connectivity index (χ0v) is 23.2. The van der Waals surface area contributed by atoms with E-state index < -0.39 is 11.0 Å². The van der Waals surface area contributed by atoms with E-state index >= 15 is 0 Å². The van der Waals surface area contributed by atoms with Gasteiger partial charge in [0.1, 0.15) is 6.10 Å². The van der Waals surface area contributed by atoms with Crippen molar-refractivity contribution in [3.63, 3.8) is 0 Å². The second-order valence-corrected chi connectivity index (χ2v) is 13.5. The van der Waals surface area contributed by atoms with E-state index in [1.165, 1.54) is 31.8 Å². The summed E-state index contributed by atoms with van der Waals surface area (Å²) in [6.07, 6.45) is 13.9. The van der Waals surface area contributed by atoms with Crippen LogP contribution in [0.5, 0.6) is 0 Å². The maximum atomic E-state index is 12.0. The summed E-state index contributed by atoms with van der Waals surface area (Å²) < 4.78 is 5.53. The highest BCUT2D eigenvalue weighted by molar-refractivity contribution is 6.22. The Morgan fingerprint density at radius 1 is 1.09 bits per heavy atom. The Labute approximate surface area is 212 Å². The molecule has 0 radical (unpaired) electrons. The van der Waals surface area contributed by atoms with Gasteiger partial charge in [0.05, 0.1) is 11.0 Å². The Morgan fingerprint density at radius 3 is 2.44 bits per heavy atom. The van der Waals surface area contributed by atoms with Crippen LogP contribution in [0.4, 0.5) is 0 Å². The number of carbonyl (C=O) groups excluding carboxylic acids is 1. The van der Waals surface area contributed by atoms with Gasteiger partial charge in [0.2, 0.25) is 0 Å². The van der Waals surface area contributed by atoms with Gasteiger partial charge in [0, 0.05) is 18.8 Å². The van der Waals surface area contributed by atoms with Gasteiger partial charge in [-0.3, -0.25) is 4.79 Å². The highest BCUT2D eigenvalue weighted by Gasteiger charge is 2.65.